The molecule has 2 amide bonds. The summed E-state index contributed by atoms with van der Waals surface area (Å²) in [5, 5.41) is 2.02. The van der Waals surface area contributed by atoms with Crippen molar-refractivity contribution < 1.29 is 27.0 Å². The van der Waals surface area contributed by atoms with Gasteiger partial charge in [-0.1, -0.05) is 66.2 Å². The Bertz CT molecular complexity index is 1700. The van der Waals surface area contributed by atoms with Crippen LogP contribution in [0, 0.1) is 12.8 Å². The molecule has 4 aromatic rings. The van der Waals surface area contributed by atoms with E-state index >= 15 is 0 Å². The maximum absolute atomic E-state index is 13.9. The summed E-state index contributed by atoms with van der Waals surface area (Å²) in [6.45, 7) is 1.75. The van der Waals surface area contributed by atoms with Crippen molar-refractivity contribution in [1.29, 1.82) is 0 Å². The van der Waals surface area contributed by atoms with Gasteiger partial charge in [0.15, 0.2) is 6.10 Å². The molecule has 4 aromatic carbocycles. The van der Waals surface area contributed by atoms with Gasteiger partial charge >= 0.3 is 10.1 Å². The molecule has 2 aliphatic rings. The fourth-order valence-electron chi connectivity index (χ4n) is 5.11. The second kappa shape index (κ2) is 10.1. The lowest BCUT2D eigenvalue weighted by atomic mass is 9.90. The fraction of sp³-hybridized carbons (Fsp3) is 0.133. The molecule has 3 atom stereocenters. The normalized spacial score (nSPS) is 20.6. The van der Waals surface area contributed by atoms with Gasteiger partial charge in [0.2, 0.25) is 5.91 Å². The highest BCUT2D eigenvalue weighted by molar-refractivity contribution is 7.87. The zero-order chi connectivity index (χ0) is 28.0. The van der Waals surface area contributed by atoms with Gasteiger partial charge in [-0.05, 0) is 66.6 Å². The third-order valence-corrected chi connectivity index (χ3v) is 8.74. The largest absolute Gasteiger partial charge is 0.379 e. The van der Waals surface area contributed by atoms with Gasteiger partial charge in [-0.3, -0.25) is 14.4 Å². The van der Waals surface area contributed by atoms with Crippen molar-refractivity contribution >= 4 is 44.9 Å². The first-order valence-corrected chi connectivity index (χ1v) is 14.3. The smallest absolute Gasteiger partial charge is 0.339 e. The number of hydrogen-bond acceptors (Lipinski definition) is 7. The van der Waals surface area contributed by atoms with Gasteiger partial charge in [0.25, 0.3) is 5.91 Å². The highest BCUT2D eigenvalue weighted by Gasteiger charge is 2.60. The summed E-state index contributed by atoms with van der Waals surface area (Å²) in [5.74, 6) is -1.63. The van der Waals surface area contributed by atoms with Gasteiger partial charge < -0.3 is 4.18 Å². The molecule has 3 unspecified atom stereocenters. The van der Waals surface area contributed by atoms with Crippen LogP contribution in [0.1, 0.15) is 17.2 Å². The van der Waals surface area contributed by atoms with Crippen molar-refractivity contribution in [1.82, 2.24) is 0 Å². The molecule has 0 aromatic heterocycles. The van der Waals surface area contributed by atoms with Crippen molar-refractivity contribution in [3.63, 3.8) is 0 Å². The predicted octanol–water partition coefficient (Wildman–Crippen LogP) is 5.47. The van der Waals surface area contributed by atoms with Crippen molar-refractivity contribution in [2.45, 2.75) is 24.0 Å². The molecule has 6 rings (SSSR count). The van der Waals surface area contributed by atoms with E-state index < -0.39 is 40.0 Å². The van der Waals surface area contributed by atoms with Crippen LogP contribution >= 0.6 is 11.6 Å². The molecule has 0 spiro atoms. The Balaban J connectivity index is 1.36. The topological polar surface area (TPSA) is 93.2 Å². The molecule has 2 saturated heterocycles. The number of carbonyl (C=O) groups is 2. The van der Waals surface area contributed by atoms with Crippen LogP contribution in [0.2, 0.25) is 5.02 Å². The van der Waals surface area contributed by atoms with Crippen molar-refractivity contribution in [3.05, 3.63) is 119 Å². The Morgan fingerprint density at radius 1 is 0.800 bits per heavy atom. The van der Waals surface area contributed by atoms with E-state index in [1.807, 2.05) is 30.3 Å². The average molecular weight is 575 g/mol. The second-order valence-electron chi connectivity index (χ2n) is 9.47. The molecular formula is C30H23ClN2O6S. The summed E-state index contributed by atoms with van der Waals surface area (Å²) in [6, 6.07) is 27.8. The molecule has 2 fully saturated rings. The molecule has 0 bridgehead atoms. The van der Waals surface area contributed by atoms with Gasteiger partial charge in [-0.2, -0.15) is 8.42 Å². The monoisotopic (exact) mass is 574 g/mol. The number of carbonyl (C=O) groups excluding carboxylic acids is 2. The number of halogens is 1. The summed E-state index contributed by atoms with van der Waals surface area (Å²) < 4.78 is 30.7. The number of fused-ring (bicyclic) bond motifs is 1. The molecular weight excluding hydrogens is 552 g/mol. The summed E-state index contributed by atoms with van der Waals surface area (Å²) >= 11 is 6.29. The number of imide groups is 1. The molecule has 8 nitrogen and oxygen atoms in total. The number of amides is 2. The zero-order valence-corrected chi connectivity index (χ0v) is 22.7. The molecule has 0 N–H and O–H groups in total. The Hall–Kier alpha value is -4.18. The average Bonchev–Trinajstić information content (AvgIpc) is 3.47. The van der Waals surface area contributed by atoms with Crippen LogP contribution < -0.4 is 14.1 Å². The lowest BCUT2D eigenvalue weighted by molar-refractivity contribution is -0.126. The van der Waals surface area contributed by atoms with Crippen LogP contribution in [-0.2, 0) is 24.5 Å². The van der Waals surface area contributed by atoms with E-state index in [0.717, 1.165) is 4.90 Å². The van der Waals surface area contributed by atoms with E-state index in [0.29, 0.717) is 27.5 Å². The van der Waals surface area contributed by atoms with E-state index in [2.05, 4.69) is 0 Å². The lowest BCUT2D eigenvalue weighted by Crippen LogP contribution is -2.37. The predicted molar refractivity (Wildman–Crippen MR) is 149 cm³/mol. The van der Waals surface area contributed by atoms with Crippen LogP contribution in [0.15, 0.2) is 108 Å². The minimum absolute atomic E-state index is 0.0350. The van der Waals surface area contributed by atoms with Gasteiger partial charge in [0, 0.05) is 5.02 Å². The number of para-hydroxylation sites is 1. The van der Waals surface area contributed by atoms with Crippen LogP contribution in [0.25, 0.3) is 0 Å². The van der Waals surface area contributed by atoms with Crippen LogP contribution in [0.3, 0.4) is 0 Å². The quantitative estimate of drug-likeness (QED) is 0.223. The highest BCUT2D eigenvalue weighted by atomic mass is 35.5. The molecule has 10 heteroatoms. The lowest BCUT2D eigenvalue weighted by Gasteiger charge is -2.29. The summed E-state index contributed by atoms with van der Waals surface area (Å²) in [4.78, 5) is 34.8. The van der Waals surface area contributed by atoms with Crippen LogP contribution in [-0.4, -0.2) is 26.3 Å². The number of nitrogens with zero attached hydrogens (tertiary/aromatic N) is 2. The highest BCUT2D eigenvalue weighted by Crippen LogP contribution is 2.48. The first-order chi connectivity index (χ1) is 19.3. The Labute approximate surface area is 236 Å². The minimum Gasteiger partial charge on any atom is -0.379 e. The maximum atomic E-state index is 13.9. The Kier molecular flexibility index (Phi) is 6.58. The van der Waals surface area contributed by atoms with Gasteiger partial charge in [0.1, 0.15) is 16.6 Å². The van der Waals surface area contributed by atoms with Crippen LogP contribution in [0.5, 0.6) is 5.75 Å². The Morgan fingerprint density at radius 3 is 2.12 bits per heavy atom. The Morgan fingerprint density at radius 2 is 1.45 bits per heavy atom. The number of anilines is 2. The van der Waals surface area contributed by atoms with Gasteiger partial charge in [0.05, 0.1) is 17.4 Å². The SMILES string of the molecule is Cc1c(Cl)cccc1N1C(=O)C2ON(c3ccccc3)C(c3ccc(OS(=O)(=O)c4ccccc4)cc3)C2C1=O. The summed E-state index contributed by atoms with van der Waals surface area (Å²) in [6.07, 6.45) is -1.05. The fourth-order valence-corrected chi connectivity index (χ4v) is 6.23. The number of benzene rings is 4. The molecule has 202 valence electrons. The van der Waals surface area contributed by atoms with Gasteiger partial charge in [-0.25, -0.2) is 9.96 Å². The number of hydrogen-bond donors (Lipinski definition) is 0. The molecule has 0 saturated carbocycles. The van der Waals surface area contributed by atoms with E-state index in [1.54, 1.807) is 60.5 Å². The first kappa shape index (κ1) is 26.1. The van der Waals surface area contributed by atoms with E-state index in [4.69, 9.17) is 20.6 Å². The van der Waals surface area contributed by atoms with E-state index in [9.17, 15) is 18.0 Å². The zero-order valence-electron chi connectivity index (χ0n) is 21.2. The van der Waals surface area contributed by atoms with Gasteiger partial charge in [-0.15, -0.1) is 0 Å². The molecule has 2 heterocycles. The summed E-state index contributed by atoms with van der Waals surface area (Å²) in [7, 11) is -4.03. The van der Waals surface area contributed by atoms with Crippen LogP contribution in [0.4, 0.5) is 11.4 Å². The maximum Gasteiger partial charge on any atom is 0.339 e. The van der Waals surface area contributed by atoms with Crippen molar-refractivity contribution in [3.8, 4) is 5.75 Å². The number of hydroxylamine groups is 1. The standard InChI is InChI=1S/C30H23ClN2O6S/c1-19-24(31)13-8-14-25(19)32-29(34)26-27(33(38-28(26)30(32)35)21-9-4-2-5-10-21)20-15-17-22(18-16-20)39-40(36,37)23-11-6-3-7-12-23/h2-18,26-28H,1H3. The molecule has 40 heavy (non-hydrogen) atoms. The summed E-state index contributed by atoms with van der Waals surface area (Å²) in [5.41, 5.74) is 2.34. The van der Waals surface area contributed by atoms with Crippen molar-refractivity contribution in [2.24, 2.45) is 5.92 Å². The second-order valence-corrected chi connectivity index (χ2v) is 11.4. The molecule has 2 aliphatic heterocycles. The third kappa shape index (κ3) is 4.42. The third-order valence-electron chi connectivity index (χ3n) is 7.07. The number of rotatable bonds is 6. The van der Waals surface area contributed by atoms with Crippen molar-refractivity contribution in [2.75, 3.05) is 9.96 Å². The van der Waals surface area contributed by atoms with E-state index in [-0.39, 0.29) is 10.6 Å². The molecule has 0 radical (unpaired) electrons. The minimum atomic E-state index is -4.03. The first-order valence-electron chi connectivity index (χ1n) is 12.5. The van der Waals surface area contributed by atoms with E-state index in [1.165, 1.54) is 24.3 Å². The molecule has 0 aliphatic carbocycles.